The first-order chi connectivity index (χ1) is 6.19. The van der Waals surface area contributed by atoms with Gasteiger partial charge in [-0.25, -0.2) is 0 Å². The highest BCUT2D eigenvalue weighted by Crippen LogP contribution is 2.25. The SMILES string of the molecule is COc1ccc(C#N)cc1[C@@H](C)O. The second-order valence-electron chi connectivity index (χ2n) is 2.74. The summed E-state index contributed by atoms with van der Waals surface area (Å²) >= 11 is 0. The zero-order valence-electron chi connectivity index (χ0n) is 7.61. The maximum absolute atomic E-state index is 9.37. The second kappa shape index (κ2) is 3.92. The van der Waals surface area contributed by atoms with Gasteiger partial charge >= 0.3 is 0 Å². The van der Waals surface area contributed by atoms with E-state index in [0.29, 0.717) is 16.9 Å². The fourth-order valence-corrected chi connectivity index (χ4v) is 1.13. The van der Waals surface area contributed by atoms with Crippen molar-refractivity contribution in [2.45, 2.75) is 13.0 Å². The summed E-state index contributed by atoms with van der Waals surface area (Å²) in [6.07, 6.45) is -0.622. The van der Waals surface area contributed by atoms with Crippen LogP contribution in [0.3, 0.4) is 0 Å². The predicted molar refractivity (Wildman–Crippen MR) is 48.3 cm³/mol. The molecule has 1 N–H and O–H groups in total. The number of ether oxygens (including phenoxy) is 1. The Kier molecular flexibility index (Phi) is 2.88. The van der Waals surface area contributed by atoms with Gasteiger partial charge in [0.15, 0.2) is 0 Å². The number of hydrogen-bond donors (Lipinski definition) is 1. The minimum Gasteiger partial charge on any atom is -0.496 e. The molecule has 0 saturated carbocycles. The van der Waals surface area contributed by atoms with Crippen LogP contribution in [0.4, 0.5) is 0 Å². The summed E-state index contributed by atoms with van der Waals surface area (Å²) in [5.74, 6) is 0.606. The Morgan fingerprint density at radius 1 is 1.54 bits per heavy atom. The van der Waals surface area contributed by atoms with Crippen molar-refractivity contribution in [3.05, 3.63) is 29.3 Å². The summed E-state index contributed by atoms with van der Waals surface area (Å²) in [4.78, 5) is 0. The molecule has 0 fully saturated rings. The van der Waals surface area contributed by atoms with E-state index in [4.69, 9.17) is 10.00 Å². The zero-order valence-corrected chi connectivity index (χ0v) is 7.61. The average Bonchev–Trinajstić information content (AvgIpc) is 2.16. The molecule has 1 aromatic rings. The van der Waals surface area contributed by atoms with Crippen molar-refractivity contribution in [1.82, 2.24) is 0 Å². The molecule has 0 saturated heterocycles. The zero-order chi connectivity index (χ0) is 9.84. The first-order valence-corrected chi connectivity index (χ1v) is 3.95. The van der Waals surface area contributed by atoms with E-state index < -0.39 is 6.10 Å². The molecule has 3 heteroatoms. The van der Waals surface area contributed by atoms with Crippen LogP contribution in [0.25, 0.3) is 0 Å². The number of aliphatic hydroxyl groups is 1. The summed E-state index contributed by atoms with van der Waals surface area (Å²) in [6.45, 7) is 1.64. The molecular weight excluding hydrogens is 166 g/mol. The smallest absolute Gasteiger partial charge is 0.124 e. The lowest BCUT2D eigenvalue weighted by molar-refractivity contribution is 0.194. The number of nitrogens with zero attached hydrogens (tertiary/aromatic N) is 1. The highest BCUT2D eigenvalue weighted by molar-refractivity contribution is 5.42. The van der Waals surface area contributed by atoms with E-state index in [1.807, 2.05) is 6.07 Å². The number of nitriles is 1. The van der Waals surface area contributed by atoms with Crippen molar-refractivity contribution >= 4 is 0 Å². The van der Waals surface area contributed by atoms with E-state index in [-0.39, 0.29) is 0 Å². The quantitative estimate of drug-likeness (QED) is 0.746. The van der Waals surface area contributed by atoms with Crippen molar-refractivity contribution in [1.29, 1.82) is 5.26 Å². The third-order valence-corrected chi connectivity index (χ3v) is 1.81. The number of rotatable bonds is 2. The van der Waals surface area contributed by atoms with Crippen molar-refractivity contribution < 1.29 is 9.84 Å². The molecule has 13 heavy (non-hydrogen) atoms. The molecule has 0 aliphatic carbocycles. The molecule has 0 bridgehead atoms. The molecule has 0 radical (unpaired) electrons. The van der Waals surface area contributed by atoms with Gasteiger partial charge in [-0.3, -0.25) is 0 Å². The van der Waals surface area contributed by atoms with Crippen LogP contribution in [-0.4, -0.2) is 12.2 Å². The van der Waals surface area contributed by atoms with Gasteiger partial charge in [0, 0.05) is 5.56 Å². The van der Waals surface area contributed by atoms with Crippen LogP contribution < -0.4 is 4.74 Å². The van der Waals surface area contributed by atoms with Gasteiger partial charge < -0.3 is 9.84 Å². The van der Waals surface area contributed by atoms with Gasteiger partial charge in [0.25, 0.3) is 0 Å². The molecule has 0 heterocycles. The summed E-state index contributed by atoms with van der Waals surface area (Å²) < 4.78 is 5.04. The lowest BCUT2D eigenvalue weighted by Crippen LogP contribution is -1.96. The Balaban J connectivity index is 3.20. The number of benzene rings is 1. The van der Waals surface area contributed by atoms with Gasteiger partial charge in [-0.1, -0.05) is 0 Å². The fourth-order valence-electron chi connectivity index (χ4n) is 1.13. The topological polar surface area (TPSA) is 53.2 Å². The molecule has 1 atom stereocenters. The van der Waals surface area contributed by atoms with E-state index in [0.717, 1.165) is 0 Å². The number of aliphatic hydroxyl groups excluding tert-OH is 1. The molecule has 1 rings (SSSR count). The first kappa shape index (κ1) is 9.56. The molecular formula is C10H11NO2. The Morgan fingerprint density at radius 2 is 2.23 bits per heavy atom. The van der Waals surface area contributed by atoms with E-state index >= 15 is 0 Å². The van der Waals surface area contributed by atoms with Crippen LogP contribution in [0, 0.1) is 11.3 Å². The van der Waals surface area contributed by atoms with Crippen molar-refractivity contribution in [3.8, 4) is 11.8 Å². The molecule has 1 aromatic carbocycles. The minimum atomic E-state index is -0.622. The molecule has 0 spiro atoms. The van der Waals surface area contributed by atoms with E-state index in [1.54, 1.807) is 25.1 Å². The number of hydrogen-bond acceptors (Lipinski definition) is 3. The monoisotopic (exact) mass is 177 g/mol. The maximum atomic E-state index is 9.37. The first-order valence-electron chi connectivity index (χ1n) is 3.95. The predicted octanol–water partition coefficient (Wildman–Crippen LogP) is 1.62. The van der Waals surface area contributed by atoms with Gasteiger partial charge in [0.05, 0.1) is 24.8 Å². The highest BCUT2D eigenvalue weighted by Gasteiger charge is 2.08. The minimum absolute atomic E-state index is 0.525. The summed E-state index contributed by atoms with van der Waals surface area (Å²) in [7, 11) is 1.53. The van der Waals surface area contributed by atoms with Crippen LogP contribution in [0.2, 0.25) is 0 Å². The summed E-state index contributed by atoms with van der Waals surface area (Å²) in [5.41, 5.74) is 1.17. The Morgan fingerprint density at radius 3 is 2.69 bits per heavy atom. The van der Waals surface area contributed by atoms with E-state index in [2.05, 4.69) is 0 Å². The van der Waals surface area contributed by atoms with Crippen LogP contribution in [0.5, 0.6) is 5.75 Å². The fraction of sp³-hybridized carbons (Fsp3) is 0.300. The van der Waals surface area contributed by atoms with Gasteiger partial charge in [0.2, 0.25) is 0 Å². The third-order valence-electron chi connectivity index (χ3n) is 1.81. The third kappa shape index (κ3) is 1.98. The standard InChI is InChI=1S/C10H11NO2/c1-7(12)9-5-8(6-11)3-4-10(9)13-2/h3-5,7,12H,1-2H3/t7-/m1/s1. The van der Waals surface area contributed by atoms with Crippen molar-refractivity contribution in [2.75, 3.05) is 7.11 Å². The summed E-state index contributed by atoms with van der Waals surface area (Å²) in [6, 6.07) is 6.97. The summed E-state index contributed by atoms with van der Waals surface area (Å²) in [5, 5.41) is 18.0. The molecule has 68 valence electrons. The lowest BCUT2D eigenvalue weighted by atomic mass is 10.1. The van der Waals surface area contributed by atoms with Crippen LogP contribution in [0.15, 0.2) is 18.2 Å². The molecule has 0 aliphatic heterocycles. The molecule has 0 aliphatic rings. The normalized spacial score (nSPS) is 11.8. The lowest BCUT2D eigenvalue weighted by Gasteiger charge is -2.10. The van der Waals surface area contributed by atoms with Gasteiger partial charge in [0.1, 0.15) is 5.75 Å². The highest BCUT2D eigenvalue weighted by atomic mass is 16.5. The van der Waals surface area contributed by atoms with Crippen LogP contribution >= 0.6 is 0 Å². The number of methoxy groups -OCH3 is 1. The molecule has 0 amide bonds. The van der Waals surface area contributed by atoms with Crippen molar-refractivity contribution in [3.63, 3.8) is 0 Å². The molecule has 3 nitrogen and oxygen atoms in total. The van der Waals surface area contributed by atoms with E-state index in [1.165, 1.54) is 7.11 Å². The largest absolute Gasteiger partial charge is 0.496 e. The second-order valence-corrected chi connectivity index (χ2v) is 2.74. The average molecular weight is 177 g/mol. The van der Waals surface area contributed by atoms with Gasteiger partial charge in [-0.2, -0.15) is 5.26 Å². The van der Waals surface area contributed by atoms with Gasteiger partial charge in [-0.05, 0) is 25.1 Å². The Hall–Kier alpha value is -1.53. The van der Waals surface area contributed by atoms with E-state index in [9.17, 15) is 5.11 Å². The Bertz CT molecular complexity index is 339. The van der Waals surface area contributed by atoms with Gasteiger partial charge in [-0.15, -0.1) is 0 Å². The van der Waals surface area contributed by atoms with Crippen LogP contribution in [0.1, 0.15) is 24.2 Å². The van der Waals surface area contributed by atoms with Crippen LogP contribution in [-0.2, 0) is 0 Å². The molecule has 0 aromatic heterocycles. The van der Waals surface area contributed by atoms with Crippen molar-refractivity contribution in [2.24, 2.45) is 0 Å². The molecule has 0 unspecified atom stereocenters. The maximum Gasteiger partial charge on any atom is 0.124 e. The Labute approximate surface area is 77.2 Å².